The Labute approximate surface area is 114 Å². The van der Waals surface area contributed by atoms with Gasteiger partial charge < -0.3 is 22.1 Å². The van der Waals surface area contributed by atoms with Crippen molar-refractivity contribution in [1.29, 1.82) is 0 Å². The fourth-order valence-corrected chi connectivity index (χ4v) is 2.48. The van der Waals surface area contributed by atoms with E-state index in [2.05, 4.69) is 15.6 Å². The predicted molar refractivity (Wildman–Crippen MR) is 73.9 cm³/mol. The Morgan fingerprint density at radius 3 is 2.68 bits per heavy atom. The summed E-state index contributed by atoms with van der Waals surface area (Å²) < 4.78 is 0. The van der Waals surface area contributed by atoms with Crippen molar-refractivity contribution in [1.82, 2.24) is 10.3 Å². The van der Waals surface area contributed by atoms with Crippen molar-refractivity contribution in [2.24, 2.45) is 5.73 Å². The largest absolute Gasteiger partial charge is 0.382 e. The summed E-state index contributed by atoms with van der Waals surface area (Å²) in [5, 5.41) is 6.34. The first kappa shape index (κ1) is 13.6. The van der Waals surface area contributed by atoms with E-state index >= 15 is 0 Å². The Hall–Kier alpha value is -1.83. The highest BCUT2D eigenvalue weighted by Crippen LogP contribution is 2.29. The van der Waals surface area contributed by atoms with Crippen LogP contribution in [0.5, 0.6) is 0 Å². The number of carbonyl (C=O) groups is 2. The highest BCUT2D eigenvalue weighted by Gasteiger charge is 2.22. The van der Waals surface area contributed by atoms with Crippen LogP contribution in [0.25, 0.3) is 0 Å². The summed E-state index contributed by atoms with van der Waals surface area (Å²) in [5.41, 5.74) is 10.8. The number of anilines is 2. The maximum absolute atomic E-state index is 11.9. The summed E-state index contributed by atoms with van der Waals surface area (Å²) in [6.07, 6.45) is 3.43. The number of hydrogen-bond donors (Lipinski definition) is 4. The van der Waals surface area contributed by atoms with Gasteiger partial charge in [0.25, 0.3) is 5.91 Å². The number of carbonyl (C=O) groups excluding carboxylic acids is 2. The minimum absolute atomic E-state index is 0.168. The molecule has 2 amide bonds. The lowest BCUT2D eigenvalue weighted by molar-refractivity contribution is -0.119. The fourth-order valence-electron chi connectivity index (χ4n) is 1.62. The van der Waals surface area contributed by atoms with Gasteiger partial charge in [-0.05, 0) is 26.2 Å². The van der Waals surface area contributed by atoms with Gasteiger partial charge in [0.1, 0.15) is 16.7 Å². The molecule has 1 aromatic rings. The highest BCUT2D eigenvalue weighted by molar-refractivity contribution is 7.18. The van der Waals surface area contributed by atoms with Crippen molar-refractivity contribution in [3.05, 3.63) is 4.88 Å². The monoisotopic (exact) mass is 283 g/mol. The van der Waals surface area contributed by atoms with Crippen LogP contribution in [0.2, 0.25) is 0 Å². The van der Waals surface area contributed by atoms with Crippen molar-refractivity contribution >= 4 is 34.1 Å². The third-order valence-electron chi connectivity index (χ3n) is 3.07. The van der Waals surface area contributed by atoms with Crippen LogP contribution < -0.4 is 22.1 Å². The highest BCUT2D eigenvalue weighted by atomic mass is 32.1. The van der Waals surface area contributed by atoms with Crippen LogP contribution in [0.4, 0.5) is 10.9 Å². The summed E-state index contributed by atoms with van der Waals surface area (Å²) in [7, 11) is 0. The Morgan fingerprint density at radius 1 is 1.47 bits per heavy atom. The number of thiazole rings is 1. The first-order chi connectivity index (χ1) is 8.97. The minimum Gasteiger partial charge on any atom is -0.382 e. The van der Waals surface area contributed by atoms with Gasteiger partial charge in [-0.25, -0.2) is 4.98 Å². The molecule has 6 N–H and O–H groups in total. The molecule has 1 fully saturated rings. The van der Waals surface area contributed by atoms with Gasteiger partial charge in [0.2, 0.25) is 5.91 Å². The van der Waals surface area contributed by atoms with E-state index in [4.69, 9.17) is 11.5 Å². The number of nitrogens with zero attached hydrogens (tertiary/aromatic N) is 1. The molecule has 1 aliphatic carbocycles. The maximum Gasteiger partial charge on any atom is 0.265 e. The van der Waals surface area contributed by atoms with E-state index in [1.165, 1.54) is 24.7 Å². The number of nitrogen functional groups attached to an aromatic ring is 1. The molecule has 104 valence electrons. The van der Waals surface area contributed by atoms with Crippen molar-refractivity contribution in [2.45, 2.75) is 38.3 Å². The number of amides is 2. The number of rotatable bonds is 5. The molecule has 1 atom stereocenters. The number of nitrogens with one attached hydrogen (secondary N) is 2. The molecule has 8 heteroatoms. The molecule has 19 heavy (non-hydrogen) atoms. The van der Waals surface area contributed by atoms with Gasteiger partial charge in [-0.2, -0.15) is 0 Å². The number of primary amides is 1. The second-order valence-corrected chi connectivity index (χ2v) is 5.60. The SMILES string of the molecule is CC(NC(=O)c1sc(NC2CCC2)nc1N)C(N)=O. The average Bonchev–Trinajstić information content (AvgIpc) is 2.65. The maximum atomic E-state index is 11.9. The molecule has 7 nitrogen and oxygen atoms in total. The zero-order valence-electron chi connectivity index (χ0n) is 10.6. The summed E-state index contributed by atoms with van der Waals surface area (Å²) >= 11 is 1.19. The van der Waals surface area contributed by atoms with E-state index in [-0.39, 0.29) is 5.82 Å². The number of hydrogen-bond acceptors (Lipinski definition) is 6. The van der Waals surface area contributed by atoms with E-state index in [1.54, 1.807) is 0 Å². The van der Waals surface area contributed by atoms with E-state index in [0.717, 1.165) is 12.8 Å². The molecule has 0 aromatic carbocycles. The van der Waals surface area contributed by atoms with E-state index in [9.17, 15) is 9.59 Å². The lowest BCUT2D eigenvalue weighted by Gasteiger charge is -2.25. The lowest BCUT2D eigenvalue weighted by Crippen LogP contribution is -2.42. The normalized spacial score (nSPS) is 16.5. The Balaban J connectivity index is 2.02. The van der Waals surface area contributed by atoms with Gasteiger partial charge in [0, 0.05) is 6.04 Å². The molecule has 1 unspecified atom stereocenters. The minimum atomic E-state index is -0.739. The van der Waals surface area contributed by atoms with Gasteiger partial charge in [0.05, 0.1) is 0 Å². The molecular weight excluding hydrogens is 266 g/mol. The van der Waals surface area contributed by atoms with Gasteiger partial charge in [0.15, 0.2) is 5.13 Å². The van der Waals surface area contributed by atoms with Crippen LogP contribution >= 0.6 is 11.3 Å². The summed E-state index contributed by atoms with van der Waals surface area (Å²) in [4.78, 5) is 27.2. The Bertz CT molecular complexity index is 497. The first-order valence-corrected chi connectivity index (χ1v) is 6.92. The van der Waals surface area contributed by atoms with E-state index in [0.29, 0.717) is 16.1 Å². The predicted octanol–water partition coefficient (Wildman–Crippen LogP) is 0.293. The summed E-state index contributed by atoms with van der Waals surface area (Å²) in [5.74, 6) is -0.854. The van der Waals surface area contributed by atoms with Crippen molar-refractivity contribution in [3.8, 4) is 0 Å². The molecule has 1 saturated carbocycles. The lowest BCUT2D eigenvalue weighted by atomic mass is 9.93. The third-order valence-corrected chi connectivity index (χ3v) is 4.07. The van der Waals surface area contributed by atoms with Crippen molar-refractivity contribution < 1.29 is 9.59 Å². The van der Waals surface area contributed by atoms with Gasteiger partial charge in [-0.3, -0.25) is 9.59 Å². The third kappa shape index (κ3) is 3.14. The molecule has 0 spiro atoms. The van der Waals surface area contributed by atoms with Gasteiger partial charge in [-0.15, -0.1) is 0 Å². The molecule has 1 aliphatic rings. The standard InChI is InChI=1S/C11H17N5O2S/c1-5(9(13)17)14-10(18)7-8(12)16-11(19-7)15-6-3-2-4-6/h5-6H,2-4,12H2,1H3,(H2,13,17)(H,14,18)(H,15,16). The summed E-state index contributed by atoms with van der Waals surface area (Å²) in [6.45, 7) is 1.52. The molecule has 0 radical (unpaired) electrons. The van der Waals surface area contributed by atoms with Crippen LogP contribution in [0.3, 0.4) is 0 Å². The number of aromatic nitrogens is 1. The zero-order chi connectivity index (χ0) is 14.0. The van der Waals surface area contributed by atoms with Crippen molar-refractivity contribution in [2.75, 3.05) is 11.1 Å². The average molecular weight is 283 g/mol. The molecule has 0 bridgehead atoms. The Morgan fingerprint density at radius 2 is 2.16 bits per heavy atom. The van der Waals surface area contributed by atoms with Crippen LogP contribution in [-0.4, -0.2) is 28.9 Å². The quantitative estimate of drug-likeness (QED) is 0.618. The smallest absolute Gasteiger partial charge is 0.265 e. The second kappa shape index (κ2) is 5.43. The molecule has 1 aromatic heterocycles. The first-order valence-electron chi connectivity index (χ1n) is 6.10. The summed E-state index contributed by atoms with van der Waals surface area (Å²) in [6, 6.07) is -0.317. The second-order valence-electron chi connectivity index (χ2n) is 4.60. The topological polar surface area (TPSA) is 123 Å². The molecule has 2 rings (SSSR count). The molecule has 1 heterocycles. The molecular formula is C11H17N5O2S. The van der Waals surface area contributed by atoms with E-state index < -0.39 is 17.9 Å². The van der Waals surface area contributed by atoms with Gasteiger partial charge in [-0.1, -0.05) is 11.3 Å². The molecule has 0 aliphatic heterocycles. The number of nitrogens with two attached hydrogens (primary N) is 2. The van der Waals surface area contributed by atoms with Crippen LogP contribution in [0.1, 0.15) is 35.9 Å². The molecule has 0 saturated heterocycles. The van der Waals surface area contributed by atoms with E-state index in [1.807, 2.05) is 0 Å². The van der Waals surface area contributed by atoms with Crippen LogP contribution in [-0.2, 0) is 4.79 Å². The zero-order valence-corrected chi connectivity index (χ0v) is 11.4. The van der Waals surface area contributed by atoms with Gasteiger partial charge >= 0.3 is 0 Å². The van der Waals surface area contributed by atoms with Crippen LogP contribution in [0, 0.1) is 0 Å². The Kier molecular flexibility index (Phi) is 3.89. The van der Waals surface area contributed by atoms with Crippen LogP contribution in [0.15, 0.2) is 0 Å². The van der Waals surface area contributed by atoms with Crippen molar-refractivity contribution in [3.63, 3.8) is 0 Å². The fraction of sp³-hybridized carbons (Fsp3) is 0.545.